The highest BCUT2D eigenvalue weighted by molar-refractivity contribution is 6.07. The smallest absolute Gasteiger partial charge is 0.236 e. The molecule has 5 heteroatoms. The minimum absolute atomic E-state index is 0.00718. The minimum Gasteiger partial charge on any atom is -0.409 e. The Morgan fingerprint density at radius 1 is 1.56 bits per heavy atom. The topological polar surface area (TPSA) is 78.9 Å². The number of nitrogens with two attached hydrogens (primary N) is 1. The molecule has 5 nitrogen and oxygen atoms in total. The largest absolute Gasteiger partial charge is 0.409 e. The van der Waals surface area contributed by atoms with Gasteiger partial charge in [-0.05, 0) is 39.0 Å². The van der Waals surface area contributed by atoms with Crippen LogP contribution in [0.4, 0.5) is 0 Å². The molecule has 1 rings (SSSR count). The average molecular weight is 255 g/mol. The Bertz CT molecular complexity index is 333. The maximum Gasteiger partial charge on any atom is 0.236 e. The van der Waals surface area contributed by atoms with Crippen LogP contribution in [0.25, 0.3) is 0 Å². The van der Waals surface area contributed by atoms with Crippen molar-refractivity contribution < 1.29 is 10.0 Å². The number of carbonyl (C=O) groups excluding carboxylic acids is 1. The van der Waals surface area contributed by atoms with Gasteiger partial charge in [0.15, 0.2) is 5.84 Å². The summed E-state index contributed by atoms with van der Waals surface area (Å²) in [6.07, 6.45) is 2.26. The fraction of sp³-hybridized carbons (Fsp3) is 0.846. The molecular formula is C13H25N3O2. The number of amides is 1. The van der Waals surface area contributed by atoms with E-state index < -0.39 is 5.41 Å². The molecule has 1 aliphatic rings. The second-order valence-corrected chi connectivity index (χ2v) is 5.67. The summed E-state index contributed by atoms with van der Waals surface area (Å²) < 4.78 is 0. The first kappa shape index (κ1) is 14.8. The van der Waals surface area contributed by atoms with Crippen LogP contribution in [0.5, 0.6) is 0 Å². The van der Waals surface area contributed by atoms with Gasteiger partial charge in [0.05, 0.1) is 0 Å². The van der Waals surface area contributed by atoms with E-state index in [2.05, 4.69) is 12.1 Å². The van der Waals surface area contributed by atoms with E-state index in [1.165, 1.54) is 0 Å². The standard InChI is InChI=1S/C13H25N3O2/c1-5-6-16(9(2)3)12(17)13(11(14)15-18)7-10(4)8-13/h9-10,18H,5-8H2,1-4H3,(H2,14,15). The van der Waals surface area contributed by atoms with Gasteiger partial charge in [-0.15, -0.1) is 0 Å². The van der Waals surface area contributed by atoms with E-state index in [1.54, 1.807) is 0 Å². The fourth-order valence-corrected chi connectivity index (χ4v) is 2.83. The van der Waals surface area contributed by atoms with Gasteiger partial charge in [-0.3, -0.25) is 4.79 Å². The van der Waals surface area contributed by atoms with E-state index in [0.29, 0.717) is 25.3 Å². The molecule has 1 aliphatic carbocycles. The molecule has 0 bridgehead atoms. The molecule has 0 saturated heterocycles. The summed E-state index contributed by atoms with van der Waals surface area (Å²) in [6, 6.07) is 0.136. The molecule has 0 aromatic rings. The molecule has 1 amide bonds. The van der Waals surface area contributed by atoms with Crippen molar-refractivity contribution in [1.82, 2.24) is 4.90 Å². The Morgan fingerprint density at radius 3 is 2.44 bits per heavy atom. The van der Waals surface area contributed by atoms with Crippen LogP contribution in [-0.2, 0) is 4.79 Å². The Morgan fingerprint density at radius 2 is 2.11 bits per heavy atom. The first-order valence-electron chi connectivity index (χ1n) is 6.68. The molecular weight excluding hydrogens is 230 g/mol. The lowest BCUT2D eigenvalue weighted by Crippen LogP contribution is -2.59. The van der Waals surface area contributed by atoms with Crippen molar-refractivity contribution in [3.05, 3.63) is 0 Å². The van der Waals surface area contributed by atoms with Crippen LogP contribution in [0.3, 0.4) is 0 Å². The Kier molecular flexibility index (Phi) is 4.59. The quantitative estimate of drug-likeness (QED) is 0.340. The van der Waals surface area contributed by atoms with Crippen molar-refractivity contribution in [1.29, 1.82) is 0 Å². The van der Waals surface area contributed by atoms with Crippen molar-refractivity contribution in [2.45, 2.75) is 53.0 Å². The van der Waals surface area contributed by atoms with Gasteiger partial charge < -0.3 is 15.8 Å². The van der Waals surface area contributed by atoms with Gasteiger partial charge in [-0.2, -0.15) is 0 Å². The summed E-state index contributed by atoms with van der Waals surface area (Å²) in [5, 5.41) is 12.0. The van der Waals surface area contributed by atoms with Crippen molar-refractivity contribution in [2.24, 2.45) is 22.2 Å². The number of rotatable bonds is 5. The zero-order valence-corrected chi connectivity index (χ0v) is 11.8. The fourth-order valence-electron chi connectivity index (χ4n) is 2.83. The normalized spacial score (nSPS) is 28.1. The lowest BCUT2D eigenvalue weighted by Gasteiger charge is -2.47. The van der Waals surface area contributed by atoms with Gasteiger partial charge >= 0.3 is 0 Å². The molecule has 0 unspecified atom stereocenters. The monoisotopic (exact) mass is 255 g/mol. The van der Waals surface area contributed by atoms with Crippen LogP contribution < -0.4 is 5.73 Å². The SMILES string of the molecule is CCCN(C(=O)C1(C(N)=NO)CC(C)C1)C(C)C. The maximum absolute atomic E-state index is 12.7. The van der Waals surface area contributed by atoms with Gasteiger partial charge in [-0.25, -0.2) is 0 Å². The summed E-state index contributed by atoms with van der Waals surface area (Å²) in [6.45, 7) is 8.83. The van der Waals surface area contributed by atoms with Crippen LogP contribution in [-0.4, -0.2) is 34.4 Å². The van der Waals surface area contributed by atoms with Crippen LogP contribution in [0.1, 0.15) is 47.0 Å². The third-order valence-corrected chi connectivity index (χ3v) is 3.75. The molecule has 0 spiro atoms. The first-order chi connectivity index (χ1) is 8.39. The summed E-state index contributed by atoms with van der Waals surface area (Å²) >= 11 is 0. The summed E-state index contributed by atoms with van der Waals surface area (Å²) in [5.41, 5.74) is 4.99. The van der Waals surface area contributed by atoms with Gasteiger partial charge in [0.2, 0.25) is 5.91 Å². The number of carbonyl (C=O) groups is 1. The third kappa shape index (κ3) is 2.44. The molecule has 3 N–H and O–H groups in total. The van der Waals surface area contributed by atoms with E-state index in [4.69, 9.17) is 10.9 Å². The molecule has 18 heavy (non-hydrogen) atoms. The Balaban J connectivity index is 2.96. The summed E-state index contributed by atoms with van der Waals surface area (Å²) in [4.78, 5) is 14.5. The molecule has 0 radical (unpaired) electrons. The predicted octanol–water partition coefficient (Wildman–Crippen LogP) is 1.80. The number of amidine groups is 1. The van der Waals surface area contributed by atoms with Crippen LogP contribution in [0.15, 0.2) is 5.16 Å². The van der Waals surface area contributed by atoms with Gasteiger partial charge in [-0.1, -0.05) is 19.0 Å². The lowest BCUT2D eigenvalue weighted by atomic mass is 9.61. The van der Waals surface area contributed by atoms with Crippen LogP contribution >= 0.6 is 0 Å². The van der Waals surface area contributed by atoms with E-state index >= 15 is 0 Å². The van der Waals surface area contributed by atoms with Crippen molar-refractivity contribution >= 4 is 11.7 Å². The Labute approximate surface area is 109 Å². The second-order valence-electron chi connectivity index (χ2n) is 5.67. The minimum atomic E-state index is -0.770. The highest BCUT2D eigenvalue weighted by Crippen LogP contribution is 2.47. The zero-order chi connectivity index (χ0) is 13.9. The van der Waals surface area contributed by atoms with E-state index in [9.17, 15) is 4.79 Å². The summed E-state index contributed by atoms with van der Waals surface area (Å²) in [7, 11) is 0. The molecule has 0 heterocycles. The average Bonchev–Trinajstić information content (AvgIpc) is 2.29. The maximum atomic E-state index is 12.7. The molecule has 1 saturated carbocycles. The number of hydrogen-bond acceptors (Lipinski definition) is 3. The van der Waals surface area contributed by atoms with E-state index in [0.717, 1.165) is 6.42 Å². The molecule has 1 fully saturated rings. The van der Waals surface area contributed by atoms with Crippen molar-refractivity contribution in [3.8, 4) is 0 Å². The van der Waals surface area contributed by atoms with Crippen LogP contribution in [0, 0.1) is 11.3 Å². The predicted molar refractivity (Wildman–Crippen MR) is 71.4 cm³/mol. The molecule has 0 aromatic heterocycles. The Hall–Kier alpha value is -1.26. The summed E-state index contributed by atoms with van der Waals surface area (Å²) in [5.74, 6) is 0.519. The molecule has 0 aliphatic heterocycles. The molecule has 0 atom stereocenters. The highest BCUT2D eigenvalue weighted by Gasteiger charge is 2.53. The van der Waals surface area contributed by atoms with Crippen molar-refractivity contribution in [3.63, 3.8) is 0 Å². The van der Waals surface area contributed by atoms with Crippen LogP contribution in [0.2, 0.25) is 0 Å². The first-order valence-corrected chi connectivity index (χ1v) is 6.68. The van der Waals surface area contributed by atoms with Crippen molar-refractivity contribution in [2.75, 3.05) is 6.54 Å². The number of hydrogen-bond donors (Lipinski definition) is 2. The lowest BCUT2D eigenvalue weighted by molar-refractivity contribution is -0.146. The zero-order valence-electron chi connectivity index (χ0n) is 11.8. The van der Waals surface area contributed by atoms with Gasteiger partial charge in [0.25, 0.3) is 0 Å². The third-order valence-electron chi connectivity index (χ3n) is 3.75. The van der Waals surface area contributed by atoms with E-state index in [1.807, 2.05) is 25.7 Å². The molecule has 104 valence electrons. The number of oxime groups is 1. The van der Waals surface area contributed by atoms with Gasteiger partial charge in [0, 0.05) is 12.6 Å². The van der Waals surface area contributed by atoms with Gasteiger partial charge in [0.1, 0.15) is 5.41 Å². The highest BCUT2D eigenvalue weighted by atomic mass is 16.4. The second kappa shape index (κ2) is 5.59. The van der Waals surface area contributed by atoms with E-state index in [-0.39, 0.29) is 17.8 Å². The molecule has 0 aromatic carbocycles. The number of nitrogens with zero attached hydrogens (tertiary/aromatic N) is 2.